The van der Waals surface area contributed by atoms with E-state index in [-0.39, 0.29) is 12.0 Å². The van der Waals surface area contributed by atoms with Gasteiger partial charge in [0.15, 0.2) is 0 Å². The molecule has 25 heavy (non-hydrogen) atoms. The lowest BCUT2D eigenvalue weighted by Gasteiger charge is -2.17. The minimum absolute atomic E-state index is 0.0432. The SMILES string of the molecule is Cc1noc(C)c1C(=O)N1CC[C@H](Oc2cccc3cccnc23)C1. The number of carbonyl (C=O) groups is 1. The van der Waals surface area contributed by atoms with E-state index < -0.39 is 0 Å². The second-order valence-corrected chi connectivity index (χ2v) is 6.31. The molecule has 128 valence electrons. The van der Waals surface area contributed by atoms with Gasteiger partial charge in [-0.2, -0.15) is 0 Å². The van der Waals surface area contributed by atoms with Gasteiger partial charge in [0.25, 0.3) is 5.91 Å². The van der Waals surface area contributed by atoms with E-state index in [1.54, 1.807) is 24.9 Å². The second kappa shape index (κ2) is 6.20. The lowest BCUT2D eigenvalue weighted by atomic mass is 10.2. The first kappa shape index (κ1) is 15.6. The van der Waals surface area contributed by atoms with Crippen molar-refractivity contribution in [2.24, 2.45) is 0 Å². The van der Waals surface area contributed by atoms with Crippen molar-refractivity contribution in [2.45, 2.75) is 26.4 Å². The molecule has 1 atom stereocenters. The topological polar surface area (TPSA) is 68.5 Å². The predicted octanol–water partition coefficient (Wildman–Crippen LogP) is 3.13. The number of nitrogens with zero attached hydrogens (tertiary/aromatic N) is 3. The monoisotopic (exact) mass is 337 g/mol. The Balaban J connectivity index is 1.50. The highest BCUT2D eigenvalue weighted by molar-refractivity contribution is 5.96. The summed E-state index contributed by atoms with van der Waals surface area (Å²) in [6, 6.07) is 9.81. The molecule has 0 unspecified atom stereocenters. The Morgan fingerprint density at radius 2 is 2.12 bits per heavy atom. The minimum atomic E-state index is -0.0444. The maximum absolute atomic E-state index is 12.7. The third-order valence-corrected chi connectivity index (χ3v) is 4.57. The molecular formula is C19H19N3O3. The highest BCUT2D eigenvalue weighted by Gasteiger charge is 2.31. The number of pyridine rings is 1. The van der Waals surface area contributed by atoms with E-state index in [1.807, 2.05) is 30.3 Å². The number of amides is 1. The van der Waals surface area contributed by atoms with Gasteiger partial charge in [-0.1, -0.05) is 23.4 Å². The summed E-state index contributed by atoms with van der Waals surface area (Å²) in [6.45, 7) is 4.76. The van der Waals surface area contributed by atoms with Crippen LogP contribution in [-0.4, -0.2) is 40.1 Å². The third-order valence-electron chi connectivity index (χ3n) is 4.57. The summed E-state index contributed by atoms with van der Waals surface area (Å²) < 4.78 is 11.3. The molecular weight excluding hydrogens is 318 g/mol. The summed E-state index contributed by atoms with van der Waals surface area (Å²) in [5.74, 6) is 1.28. The smallest absolute Gasteiger partial charge is 0.259 e. The van der Waals surface area contributed by atoms with Gasteiger partial charge in [-0.05, 0) is 26.0 Å². The zero-order chi connectivity index (χ0) is 17.4. The summed E-state index contributed by atoms with van der Waals surface area (Å²) in [4.78, 5) is 18.9. The molecule has 1 saturated heterocycles. The van der Waals surface area contributed by atoms with Gasteiger partial charge in [-0.15, -0.1) is 0 Å². The lowest BCUT2D eigenvalue weighted by molar-refractivity contribution is 0.0770. The Morgan fingerprint density at radius 3 is 2.92 bits per heavy atom. The molecule has 0 spiro atoms. The van der Waals surface area contributed by atoms with Crippen LogP contribution in [-0.2, 0) is 0 Å². The fourth-order valence-electron chi connectivity index (χ4n) is 3.31. The van der Waals surface area contributed by atoms with Crippen LogP contribution in [0, 0.1) is 13.8 Å². The van der Waals surface area contributed by atoms with Crippen LogP contribution < -0.4 is 4.74 Å². The van der Waals surface area contributed by atoms with Gasteiger partial charge in [0.05, 0.1) is 12.2 Å². The van der Waals surface area contributed by atoms with Crippen LogP contribution in [0.2, 0.25) is 0 Å². The second-order valence-electron chi connectivity index (χ2n) is 6.31. The van der Waals surface area contributed by atoms with Crippen molar-refractivity contribution in [1.29, 1.82) is 0 Å². The molecule has 1 aromatic carbocycles. The highest BCUT2D eigenvalue weighted by atomic mass is 16.5. The van der Waals surface area contributed by atoms with Crippen molar-refractivity contribution in [2.75, 3.05) is 13.1 Å². The number of aryl methyl sites for hydroxylation is 2. The molecule has 0 radical (unpaired) electrons. The van der Waals surface area contributed by atoms with Crippen LogP contribution >= 0.6 is 0 Å². The summed E-state index contributed by atoms with van der Waals surface area (Å²) in [7, 11) is 0. The first-order valence-electron chi connectivity index (χ1n) is 8.36. The lowest BCUT2D eigenvalue weighted by Crippen LogP contribution is -2.31. The maximum atomic E-state index is 12.7. The minimum Gasteiger partial charge on any atom is -0.486 e. The molecule has 0 N–H and O–H groups in total. The van der Waals surface area contributed by atoms with E-state index >= 15 is 0 Å². The number of ether oxygens (including phenoxy) is 1. The molecule has 6 nitrogen and oxygen atoms in total. The molecule has 6 heteroatoms. The van der Waals surface area contributed by atoms with E-state index in [4.69, 9.17) is 9.26 Å². The quantitative estimate of drug-likeness (QED) is 0.734. The Hall–Kier alpha value is -2.89. The van der Waals surface area contributed by atoms with E-state index in [9.17, 15) is 4.79 Å². The van der Waals surface area contributed by atoms with Gasteiger partial charge in [-0.25, -0.2) is 0 Å². The molecule has 1 aliphatic heterocycles. The third kappa shape index (κ3) is 2.84. The number of fused-ring (bicyclic) bond motifs is 1. The summed E-state index contributed by atoms with van der Waals surface area (Å²) >= 11 is 0. The first-order chi connectivity index (χ1) is 12.1. The van der Waals surface area contributed by atoms with Gasteiger partial charge in [0.1, 0.15) is 28.7 Å². The summed E-state index contributed by atoms with van der Waals surface area (Å²) in [5, 5.41) is 4.91. The molecule has 0 bridgehead atoms. The van der Waals surface area contributed by atoms with Gasteiger partial charge < -0.3 is 14.2 Å². The van der Waals surface area contributed by atoms with Crippen LogP contribution in [0.15, 0.2) is 41.1 Å². The number of benzene rings is 1. The van der Waals surface area contributed by atoms with Crippen molar-refractivity contribution < 1.29 is 14.1 Å². The molecule has 4 rings (SSSR count). The molecule has 1 aliphatic rings. The van der Waals surface area contributed by atoms with Crippen molar-refractivity contribution >= 4 is 16.8 Å². The van der Waals surface area contributed by atoms with Crippen molar-refractivity contribution in [3.8, 4) is 5.75 Å². The van der Waals surface area contributed by atoms with E-state index in [1.165, 1.54) is 0 Å². The zero-order valence-corrected chi connectivity index (χ0v) is 14.2. The number of likely N-dealkylation sites (tertiary alicyclic amines) is 1. The Labute approximate surface area is 145 Å². The molecule has 3 heterocycles. The van der Waals surface area contributed by atoms with Gasteiger partial charge in [0.2, 0.25) is 0 Å². The standard InChI is InChI=1S/C19H19N3O3/c1-12-17(13(2)25-21-12)19(23)22-10-8-15(11-22)24-16-7-3-5-14-6-4-9-20-18(14)16/h3-7,9,15H,8,10-11H2,1-2H3/t15-/m0/s1. The van der Waals surface area contributed by atoms with E-state index in [0.717, 1.165) is 23.1 Å². The molecule has 0 aliphatic carbocycles. The van der Waals surface area contributed by atoms with Crippen molar-refractivity contribution in [1.82, 2.24) is 15.0 Å². The first-order valence-corrected chi connectivity index (χ1v) is 8.36. The summed E-state index contributed by atoms with van der Waals surface area (Å²) in [6.07, 6.45) is 2.51. The van der Waals surface area contributed by atoms with Crippen LogP contribution in [0.4, 0.5) is 0 Å². The highest BCUT2D eigenvalue weighted by Crippen LogP contribution is 2.27. The number of para-hydroxylation sites is 1. The van der Waals surface area contributed by atoms with Crippen LogP contribution in [0.5, 0.6) is 5.75 Å². The van der Waals surface area contributed by atoms with Crippen LogP contribution in [0.1, 0.15) is 28.2 Å². The Morgan fingerprint density at radius 1 is 1.28 bits per heavy atom. The van der Waals surface area contributed by atoms with Crippen LogP contribution in [0.3, 0.4) is 0 Å². The fourth-order valence-corrected chi connectivity index (χ4v) is 3.31. The van der Waals surface area contributed by atoms with Crippen LogP contribution in [0.25, 0.3) is 10.9 Å². The molecule has 2 aromatic heterocycles. The number of rotatable bonds is 3. The zero-order valence-electron chi connectivity index (χ0n) is 14.2. The number of aromatic nitrogens is 2. The van der Waals surface area contributed by atoms with E-state index in [0.29, 0.717) is 30.1 Å². The number of hydrogen-bond acceptors (Lipinski definition) is 5. The Bertz CT molecular complexity index is 910. The molecule has 0 saturated carbocycles. The fraction of sp³-hybridized carbons (Fsp3) is 0.316. The van der Waals surface area contributed by atoms with Gasteiger partial charge >= 0.3 is 0 Å². The van der Waals surface area contributed by atoms with Crippen molar-refractivity contribution in [3.05, 3.63) is 53.5 Å². The largest absolute Gasteiger partial charge is 0.486 e. The predicted molar refractivity (Wildman–Crippen MR) is 92.7 cm³/mol. The molecule has 3 aromatic rings. The number of carbonyl (C=O) groups excluding carboxylic acids is 1. The van der Waals surface area contributed by atoms with Crippen molar-refractivity contribution in [3.63, 3.8) is 0 Å². The summed E-state index contributed by atoms with van der Waals surface area (Å²) in [5.41, 5.74) is 2.04. The van der Waals surface area contributed by atoms with E-state index in [2.05, 4.69) is 10.1 Å². The Kier molecular flexibility index (Phi) is 3.87. The maximum Gasteiger partial charge on any atom is 0.259 e. The van der Waals surface area contributed by atoms with Gasteiger partial charge in [-0.3, -0.25) is 9.78 Å². The molecule has 1 amide bonds. The number of hydrogen-bond donors (Lipinski definition) is 0. The average molecular weight is 337 g/mol. The normalized spacial score (nSPS) is 17.2. The van der Waals surface area contributed by atoms with Gasteiger partial charge in [0, 0.05) is 24.5 Å². The molecule has 1 fully saturated rings. The average Bonchev–Trinajstić information content (AvgIpc) is 3.22.